The van der Waals surface area contributed by atoms with Gasteiger partial charge in [0.05, 0.1) is 29.3 Å². The number of aromatic nitrogens is 1. The smallest absolute Gasteiger partial charge is 0.340 e. The van der Waals surface area contributed by atoms with E-state index in [4.69, 9.17) is 4.74 Å². The van der Waals surface area contributed by atoms with Crippen LogP contribution in [0.2, 0.25) is 0 Å². The Morgan fingerprint density at radius 3 is 2.64 bits per heavy atom. The lowest BCUT2D eigenvalue weighted by atomic mass is 9.93. The summed E-state index contributed by atoms with van der Waals surface area (Å²) in [6, 6.07) is 6.83. The van der Waals surface area contributed by atoms with Crippen molar-refractivity contribution in [2.24, 2.45) is 0 Å². The summed E-state index contributed by atoms with van der Waals surface area (Å²) in [5.41, 5.74) is 1.83. The standard InChI is InChI=1S/C18H22N2O3S2/c1-5-23-16(22)12-8-6-7-9-13(12)19-15(21)11-25-17-20-14(10-24-17)18(2,3)4/h6-10H,5,11H2,1-4H3,(H,19,21). The Kier molecular flexibility index (Phi) is 6.61. The number of anilines is 1. The van der Waals surface area contributed by atoms with Crippen LogP contribution in [0.1, 0.15) is 43.7 Å². The SMILES string of the molecule is CCOC(=O)c1ccccc1NC(=O)CSc1nc(C(C)(C)C)cs1. The van der Waals surface area contributed by atoms with Crippen molar-refractivity contribution in [3.05, 3.63) is 40.9 Å². The van der Waals surface area contributed by atoms with Gasteiger partial charge >= 0.3 is 5.97 Å². The molecule has 0 fully saturated rings. The summed E-state index contributed by atoms with van der Waals surface area (Å²) in [5.74, 6) is -0.399. The number of esters is 1. The van der Waals surface area contributed by atoms with E-state index in [1.807, 2.05) is 5.38 Å². The van der Waals surface area contributed by atoms with Crippen LogP contribution in [0.5, 0.6) is 0 Å². The van der Waals surface area contributed by atoms with E-state index in [1.165, 1.54) is 23.1 Å². The monoisotopic (exact) mass is 378 g/mol. The van der Waals surface area contributed by atoms with Crippen LogP contribution in [0.4, 0.5) is 5.69 Å². The van der Waals surface area contributed by atoms with E-state index in [2.05, 4.69) is 31.1 Å². The minimum atomic E-state index is -0.444. The molecule has 5 nitrogen and oxygen atoms in total. The van der Waals surface area contributed by atoms with Gasteiger partial charge in [0.1, 0.15) is 0 Å². The first-order chi connectivity index (χ1) is 11.8. The van der Waals surface area contributed by atoms with Gasteiger partial charge in [-0.3, -0.25) is 4.79 Å². The maximum atomic E-state index is 12.2. The van der Waals surface area contributed by atoms with Crippen molar-refractivity contribution >= 4 is 40.7 Å². The van der Waals surface area contributed by atoms with E-state index in [1.54, 1.807) is 31.2 Å². The molecule has 0 saturated carbocycles. The van der Waals surface area contributed by atoms with Crippen LogP contribution in [-0.2, 0) is 14.9 Å². The number of para-hydroxylation sites is 1. The summed E-state index contributed by atoms with van der Waals surface area (Å²) in [6.07, 6.45) is 0. The predicted molar refractivity (Wildman–Crippen MR) is 103 cm³/mol. The number of benzene rings is 1. The second-order valence-electron chi connectivity index (χ2n) is 6.35. The number of thiazole rings is 1. The summed E-state index contributed by atoms with van der Waals surface area (Å²) in [4.78, 5) is 28.7. The lowest BCUT2D eigenvalue weighted by molar-refractivity contribution is -0.113. The first kappa shape index (κ1) is 19.5. The van der Waals surface area contributed by atoms with Gasteiger partial charge < -0.3 is 10.1 Å². The lowest BCUT2D eigenvalue weighted by Gasteiger charge is -2.14. The number of carbonyl (C=O) groups is 2. The summed E-state index contributed by atoms with van der Waals surface area (Å²) < 4.78 is 5.87. The number of amides is 1. The van der Waals surface area contributed by atoms with Crippen molar-refractivity contribution in [2.45, 2.75) is 37.4 Å². The average Bonchev–Trinajstić information content (AvgIpc) is 3.03. The molecule has 1 aromatic carbocycles. The topological polar surface area (TPSA) is 68.3 Å². The van der Waals surface area contributed by atoms with Crippen LogP contribution in [0.15, 0.2) is 34.0 Å². The number of nitrogens with one attached hydrogen (secondary N) is 1. The van der Waals surface area contributed by atoms with Gasteiger partial charge in [-0.05, 0) is 19.1 Å². The number of hydrogen-bond donors (Lipinski definition) is 1. The Labute approximate surface area is 156 Å². The molecule has 0 aliphatic rings. The molecule has 0 atom stereocenters. The van der Waals surface area contributed by atoms with Crippen molar-refractivity contribution in [3.8, 4) is 0 Å². The third-order valence-electron chi connectivity index (χ3n) is 3.27. The van der Waals surface area contributed by atoms with Gasteiger partial charge in [-0.2, -0.15) is 0 Å². The molecule has 0 spiro atoms. The number of nitrogens with zero attached hydrogens (tertiary/aromatic N) is 1. The van der Waals surface area contributed by atoms with Crippen molar-refractivity contribution in [3.63, 3.8) is 0 Å². The fraction of sp³-hybridized carbons (Fsp3) is 0.389. The Hall–Kier alpha value is -1.86. The second kappa shape index (κ2) is 8.49. The molecule has 2 aromatic rings. The first-order valence-corrected chi connectivity index (χ1v) is 9.82. The second-order valence-corrected chi connectivity index (χ2v) is 8.43. The van der Waals surface area contributed by atoms with Gasteiger partial charge in [0, 0.05) is 10.8 Å². The molecule has 134 valence electrons. The summed E-state index contributed by atoms with van der Waals surface area (Å²) in [7, 11) is 0. The molecule has 0 aliphatic carbocycles. The third-order valence-corrected chi connectivity index (χ3v) is 5.30. The molecule has 7 heteroatoms. The Balaban J connectivity index is 1.97. The van der Waals surface area contributed by atoms with Crippen LogP contribution in [0.25, 0.3) is 0 Å². The summed E-state index contributed by atoms with van der Waals surface area (Å²) in [6.45, 7) is 8.35. The van der Waals surface area contributed by atoms with E-state index in [-0.39, 0.29) is 23.7 Å². The Bertz CT molecular complexity index is 751. The number of carbonyl (C=O) groups excluding carboxylic acids is 2. The molecule has 1 heterocycles. The Morgan fingerprint density at radius 2 is 2.00 bits per heavy atom. The van der Waals surface area contributed by atoms with Crippen LogP contribution in [0.3, 0.4) is 0 Å². The van der Waals surface area contributed by atoms with Gasteiger partial charge in [-0.15, -0.1) is 11.3 Å². The van der Waals surface area contributed by atoms with E-state index >= 15 is 0 Å². The van der Waals surface area contributed by atoms with Gasteiger partial charge in [0.15, 0.2) is 4.34 Å². The van der Waals surface area contributed by atoms with Crippen molar-refractivity contribution < 1.29 is 14.3 Å². The first-order valence-electron chi connectivity index (χ1n) is 7.96. The number of thioether (sulfide) groups is 1. The van der Waals surface area contributed by atoms with Crippen LogP contribution in [-0.4, -0.2) is 29.2 Å². The van der Waals surface area contributed by atoms with E-state index in [0.717, 1.165) is 10.0 Å². The number of hydrogen-bond acceptors (Lipinski definition) is 6. The highest BCUT2D eigenvalue weighted by molar-refractivity contribution is 8.01. The molecule has 0 unspecified atom stereocenters. The summed E-state index contributed by atoms with van der Waals surface area (Å²) in [5, 5.41) is 4.80. The largest absolute Gasteiger partial charge is 0.462 e. The molecule has 0 aliphatic heterocycles. The number of ether oxygens (including phenoxy) is 1. The van der Waals surface area contributed by atoms with Crippen LogP contribution >= 0.6 is 23.1 Å². The highest BCUT2D eigenvalue weighted by Gasteiger charge is 2.18. The van der Waals surface area contributed by atoms with Gasteiger partial charge in [-0.25, -0.2) is 9.78 Å². The van der Waals surface area contributed by atoms with E-state index < -0.39 is 5.97 Å². The van der Waals surface area contributed by atoms with Crippen molar-refractivity contribution in [1.29, 1.82) is 0 Å². The molecule has 1 N–H and O–H groups in total. The highest BCUT2D eigenvalue weighted by Crippen LogP contribution is 2.29. The quantitative estimate of drug-likeness (QED) is 0.598. The van der Waals surface area contributed by atoms with Crippen molar-refractivity contribution in [1.82, 2.24) is 4.98 Å². The zero-order valence-electron chi connectivity index (χ0n) is 14.8. The zero-order chi connectivity index (χ0) is 18.4. The van der Waals surface area contributed by atoms with Crippen LogP contribution < -0.4 is 5.32 Å². The molecule has 0 bridgehead atoms. The number of rotatable bonds is 6. The Morgan fingerprint density at radius 1 is 1.28 bits per heavy atom. The van der Waals surface area contributed by atoms with E-state index in [9.17, 15) is 9.59 Å². The normalized spacial score (nSPS) is 11.2. The van der Waals surface area contributed by atoms with Crippen molar-refractivity contribution in [2.75, 3.05) is 17.7 Å². The fourth-order valence-corrected chi connectivity index (χ4v) is 3.81. The molecule has 0 saturated heterocycles. The molecule has 1 amide bonds. The van der Waals surface area contributed by atoms with E-state index in [0.29, 0.717) is 11.3 Å². The minimum absolute atomic E-state index is 0.00382. The zero-order valence-corrected chi connectivity index (χ0v) is 16.4. The maximum Gasteiger partial charge on any atom is 0.340 e. The average molecular weight is 379 g/mol. The third kappa shape index (κ3) is 5.57. The lowest BCUT2D eigenvalue weighted by Crippen LogP contribution is -2.17. The fourth-order valence-electron chi connectivity index (χ4n) is 1.96. The van der Waals surface area contributed by atoms with Gasteiger partial charge in [0.25, 0.3) is 0 Å². The minimum Gasteiger partial charge on any atom is -0.462 e. The molecular weight excluding hydrogens is 356 g/mol. The molecule has 0 radical (unpaired) electrons. The molecule has 2 rings (SSSR count). The molecule has 25 heavy (non-hydrogen) atoms. The highest BCUT2D eigenvalue weighted by atomic mass is 32.2. The summed E-state index contributed by atoms with van der Waals surface area (Å²) >= 11 is 2.93. The van der Waals surface area contributed by atoms with Crippen LogP contribution in [0, 0.1) is 0 Å². The van der Waals surface area contributed by atoms with Gasteiger partial charge in [0.2, 0.25) is 5.91 Å². The van der Waals surface area contributed by atoms with Gasteiger partial charge in [-0.1, -0.05) is 44.7 Å². The molecular formula is C18H22N2O3S2. The molecule has 1 aromatic heterocycles. The maximum absolute atomic E-state index is 12.2. The predicted octanol–water partition coefficient (Wildman–Crippen LogP) is 4.35.